The van der Waals surface area contributed by atoms with Gasteiger partial charge in [-0.2, -0.15) is 17.5 Å². The Hall–Kier alpha value is -1.74. The van der Waals surface area contributed by atoms with E-state index in [9.17, 15) is 26.7 Å². The van der Waals surface area contributed by atoms with Crippen molar-refractivity contribution in [2.24, 2.45) is 0 Å². The van der Waals surface area contributed by atoms with Crippen LogP contribution in [-0.2, 0) is 25.1 Å². The molecule has 13 heteroatoms. The van der Waals surface area contributed by atoms with E-state index >= 15 is 0 Å². The van der Waals surface area contributed by atoms with Gasteiger partial charge in [0.25, 0.3) is 10.0 Å². The minimum absolute atomic E-state index is 0.137. The monoisotopic (exact) mass is 589 g/mol. The summed E-state index contributed by atoms with van der Waals surface area (Å²) in [6.45, 7) is 3.33. The highest BCUT2D eigenvalue weighted by Gasteiger charge is 2.51. The number of hydrogen-bond acceptors (Lipinski definition) is 8. The second kappa shape index (κ2) is 10.9. The normalized spacial score (nSPS) is 28.8. The Morgan fingerprint density at radius 3 is 2.33 bits per heavy atom. The van der Waals surface area contributed by atoms with Gasteiger partial charge in [0.15, 0.2) is 5.60 Å². The number of hydrogen-bond donors (Lipinski definition) is 1. The van der Waals surface area contributed by atoms with E-state index < -0.39 is 21.8 Å². The minimum atomic E-state index is -4.81. The minimum Gasteiger partial charge on any atom is -0.381 e. The van der Waals surface area contributed by atoms with Crippen molar-refractivity contribution in [3.63, 3.8) is 0 Å². The van der Waals surface area contributed by atoms with Crippen LogP contribution in [-0.4, -0.2) is 99.6 Å². The molecule has 4 unspecified atom stereocenters. The molecular formula is C26H34F3N3O5S2. The number of piperazine rings is 1. The summed E-state index contributed by atoms with van der Waals surface area (Å²) in [4.78, 5) is 4.46. The Bertz CT molecular complexity index is 1210. The third-order valence-electron chi connectivity index (χ3n) is 8.23. The van der Waals surface area contributed by atoms with E-state index in [0.717, 1.165) is 19.8 Å². The van der Waals surface area contributed by atoms with Gasteiger partial charge in [0.1, 0.15) is 4.21 Å². The van der Waals surface area contributed by atoms with E-state index in [0.29, 0.717) is 36.2 Å². The maximum Gasteiger partial charge on any atom is 0.421 e. The van der Waals surface area contributed by atoms with Crippen molar-refractivity contribution >= 4 is 27.0 Å². The highest BCUT2D eigenvalue weighted by atomic mass is 32.2. The second-order valence-corrected chi connectivity index (χ2v) is 13.7. The summed E-state index contributed by atoms with van der Waals surface area (Å²) in [7, 11) is -1.95. The molecule has 0 amide bonds. The third kappa shape index (κ3) is 5.59. The molecule has 3 aliphatic heterocycles. The van der Waals surface area contributed by atoms with Crippen LogP contribution >= 0.6 is 11.3 Å². The molecule has 2 aromatic rings. The summed E-state index contributed by atoms with van der Waals surface area (Å²) < 4.78 is 80.2. The molecule has 5 rings (SSSR count). The summed E-state index contributed by atoms with van der Waals surface area (Å²) in [5.74, 6) is 0. The molecule has 3 saturated heterocycles. The van der Waals surface area contributed by atoms with Gasteiger partial charge in [-0.1, -0.05) is 18.2 Å². The lowest BCUT2D eigenvalue weighted by molar-refractivity contribution is -0.258. The third-order valence-corrected chi connectivity index (χ3v) is 11.5. The predicted molar refractivity (Wildman–Crippen MR) is 141 cm³/mol. The van der Waals surface area contributed by atoms with Gasteiger partial charge >= 0.3 is 6.18 Å². The Morgan fingerprint density at radius 2 is 1.77 bits per heavy atom. The van der Waals surface area contributed by atoms with E-state index in [1.165, 1.54) is 27.8 Å². The zero-order chi connectivity index (χ0) is 28.0. The molecule has 0 aliphatic carbocycles. The van der Waals surface area contributed by atoms with Crippen LogP contribution in [0, 0.1) is 0 Å². The number of sulfonamides is 1. The van der Waals surface area contributed by atoms with Crippen molar-refractivity contribution in [3.8, 4) is 0 Å². The number of thiophene rings is 1. The van der Waals surface area contributed by atoms with Crippen LogP contribution < -0.4 is 4.90 Å². The number of benzene rings is 1. The molecule has 216 valence electrons. The molecule has 3 fully saturated rings. The second-order valence-electron chi connectivity index (χ2n) is 10.6. The fourth-order valence-corrected chi connectivity index (χ4v) is 8.51. The number of anilines is 1. The van der Waals surface area contributed by atoms with Gasteiger partial charge in [-0.15, -0.1) is 11.3 Å². The molecule has 4 heterocycles. The molecule has 39 heavy (non-hydrogen) atoms. The lowest BCUT2D eigenvalue weighted by atomic mass is 9.91. The van der Waals surface area contributed by atoms with Crippen LogP contribution in [0.5, 0.6) is 0 Å². The summed E-state index contributed by atoms with van der Waals surface area (Å²) >= 11 is 1.18. The van der Waals surface area contributed by atoms with Crippen molar-refractivity contribution in [3.05, 3.63) is 47.3 Å². The van der Waals surface area contributed by atoms with Gasteiger partial charge in [-0.05, 0) is 48.9 Å². The molecule has 1 N–H and O–H groups in total. The van der Waals surface area contributed by atoms with Crippen LogP contribution in [0.25, 0.3) is 0 Å². The van der Waals surface area contributed by atoms with Crippen molar-refractivity contribution in [1.82, 2.24) is 9.21 Å². The van der Waals surface area contributed by atoms with Crippen LogP contribution in [0.2, 0.25) is 0 Å². The predicted octanol–water partition coefficient (Wildman–Crippen LogP) is 3.28. The number of piperidine rings is 1. The topological polar surface area (TPSA) is 82.6 Å². The molecule has 1 aromatic carbocycles. The summed E-state index contributed by atoms with van der Waals surface area (Å²) in [6, 6.07) is 9.08. The van der Waals surface area contributed by atoms with E-state index in [1.807, 2.05) is 0 Å². The highest BCUT2D eigenvalue weighted by Crippen LogP contribution is 2.39. The summed E-state index contributed by atoms with van der Waals surface area (Å²) in [6.07, 6.45) is -3.03. The molecule has 1 aromatic heterocycles. The summed E-state index contributed by atoms with van der Waals surface area (Å²) in [5, 5.41) is 11.8. The smallest absolute Gasteiger partial charge is 0.381 e. The molecule has 8 nitrogen and oxygen atoms in total. The van der Waals surface area contributed by atoms with Gasteiger partial charge in [-0.3, -0.25) is 4.90 Å². The number of methoxy groups -OCH3 is 1. The van der Waals surface area contributed by atoms with Crippen molar-refractivity contribution in [1.29, 1.82) is 0 Å². The largest absolute Gasteiger partial charge is 0.421 e. The zero-order valence-electron chi connectivity index (χ0n) is 21.9. The van der Waals surface area contributed by atoms with Gasteiger partial charge in [-0.25, -0.2) is 8.42 Å². The van der Waals surface area contributed by atoms with E-state index in [1.54, 1.807) is 36.8 Å². The molecule has 3 aliphatic rings. The molecule has 2 bridgehead atoms. The lowest BCUT2D eigenvalue weighted by Crippen LogP contribution is -2.64. The lowest BCUT2D eigenvalue weighted by Gasteiger charge is -2.51. The van der Waals surface area contributed by atoms with Crippen LogP contribution in [0.4, 0.5) is 18.9 Å². The average Bonchev–Trinajstić information content (AvgIpc) is 3.44. The number of rotatable bonds is 7. The molecule has 0 radical (unpaired) electrons. The number of fused-ring (bicyclic) bond motifs is 2. The number of ether oxygens (including phenoxy) is 2. The maximum absolute atomic E-state index is 13.4. The Morgan fingerprint density at radius 1 is 1.10 bits per heavy atom. The molecule has 4 atom stereocenters. The maximum atomic E-state index is 13.4. The number of alkyl halides is 3. The van der Waals surface area contributed by atoms with Crippen molar-refractivity contribution < 1.29 is 36.2 Å². The zero-order valence-corrected chi connectivity index (χ0v) is 23.5. The highest BCUT2D eigenvalue weighted by molar-refractivity contribution is 7.91. The Labute approximate surface area is 231 Å². The number of nitrogens with zero attached hydrogens (tertiary/aromatic N) is 3. The first-order valence-corrected chi connectivity index (χ1v) is 15.3. The fraction of sp³-hybridized carbons (Fsp3) is 0.615. The molecule has 0 saturated carbocycles. The average molecular weight is 590 g/mol. The van der Waals surface area contributed by atoms with Gasteiger partial charge in [0.2, 0.25) is 0 Å². The van der Waals surface area contributed by atoms with Gasteiger partial charge < -0.3 is 19.5 Å². The first kappa shape index (κ1) is 28.8. The number of aliphatic hydroxyl groups is 1. The van der Waals surface area contributed by atoms with Crippen molar-refractivity contribution in [2.75, 3.05) is 51.4 Å². The van der Waals surface area contributed by atoms with E-state index in [2.05, 4.69) is 9.80 Å². The number of halogens is 3. The molecule has 0 spiro atoms. The van der Waals surface area contributed by atoms with E-state index in [-0.39, 0.29) is 42.9 Å². The quantitative estimate of drug-likeness (QED) is 0.531. The Balaban J connectivity index is 1.42. The standard InChI is InChI=1S/C26H34F3N3O5S2/c1-25(33,26(27,28)29)18-5-7-19(8-6-18)31-10-9-30(39(34,35)24-4-3-11-38-24)14-22(31)15-32-20-12-23(36-2)13-21(32)17-37-16-20/h3-8,11,20-23,33H,9-10,12-17H2,1-2H3. The van der Waals surface area contributed by atoms with Crippen LogP contribution in [0.1, 0.15) is 25.3 Å². The van der Waals surface area contributed by atoms with Crippen molar-refractivity contribution in [2.45, 2.75) is 60.0 Å². The van der Waals surface area contributed by atoms with Gasteiger partial charge in [0, 0.05) is 51.1 Å². The fourth-order valence-electron chi connectivity index (χ4n) is 5.89. The first-order chi connectivity index (χ1) is 18.4. The van der Waals surface area contributed by atoms with E-state index in [4.69, 9.17) is 9.47 Å². The first-order valence-electron chi connectivity index (χ1n) is 13.0. The summed E-state index contributed by atoms with van der Waals surface area (Å²) in [5.41, 5.74) is -2.53. The SMILES string of the molecule is COC1CC2COCC(C1)N2CC1CN(S(=O)(=O)c2cccs2)CCN1c1ccc(C(C)(O)C(F)(F)F)cc1. The number of morpholine rings is 1. The van der Waals surface area contributed by atoms with Gasteiger partial charge in [0.05, 0.1) is 25.4 Å². The molecular weight excluding hydrogens is 555 g/mol. The van der Waals surface area contributed by atoms with Crippen LogP contribution in [0.3, 0.4) is 0 Å². The Kier molecular flexibility index (Phi) is 8.06. The van der Waals surface area contributed by atoms with Crippen LogP contribution in [0.15, 0.2) is 46.0 Å².